The van der Waals surface area contributed by atoms with Gasteiger partial charge >= 0.3 is 12.4 Å². The van der Waals surface area contributed by atoms with Gasteiger partial charge in [-0.3, -0.25) is 19.1 Å². The molecule has 3 aromatic rings. The SMILES string of the molecule is CC(=O)CN1c2nc(Oc3cccc(OC(F)(F)F)c3)n(Cc3ccc(Cl)cc3)c2C(=O)N(C)C1O. The van der Waals surface area contributed by atoms with Gasteiger partial charge in [0.15, 0.2) is 11.5 Å². The molecule has 1 aliphatic rings. The summed E-state index contributed by atoms with van der Waals surface area (Å²) in [6, 6.07) is 11.4. The van der Waals surface area contributed by atoms with Crippen molar-refractivity contribution in [2.75, 3.05) is 18.5 Å². The van der Waals surface area contributed by atoms with Gasteiger partial charge in [0, 0.05) is 18.1 Å². The van der Waals surface area contributed by atoms with Gasteiger partial charge in [-0.05, 0) is 36.8 Å². The Morgan fingerprint density at radius 2 is 1.83 bits per heavy atom. The Labute approximate surface area is 208 Å². The van der Waals surface area contributed by atoms with Crippen LogP contribution in [0, 0.1) is 0 Å². The fraction of sp³-hybridized carbons (Fsp3) is 0.261. The fourth-order valence-corrected chi connectivity index (χ4v) is 3.78. The average Bonchev–Trinajstić information content (AvgIpc) is 3.13. The van der Waals surface area contributed by atoms with Crippen molar-refractivity contribution in [1.82, 2.24) is 14.5 Å². The number of alkyl halides is 3. The average molecular weight is 525 g/mol. The van der Waals surface area contributed by atoms with Gasteiger partial charge in [-0.1, -0.05) is 29.8 Å². The van der Waals surface area contributed by atoms with Crippen molar-refractivity contribution in [2.45, 2.75) is 26.2 Å². The van der Waals surface area contributed by atoms with E-state index in [1.807, 2.05) is 0 Å². The molecular formula is C23H20ClF3N4O5. The Bertz CT molecular complexity index is 1300. The topological polar surface area (TPSA) is 97.1 Å². The van der Waals surface area contributed by atoms with E-state index in [-0.39, 0.29) is 42.1 Å². The molecule has 0 radical (unpaired) electrons. The van der Waals surface area contributed by atoms with E-state index in [0.717, 1.165) is 17.0 Å². The van der Waals surface area contributed by atoms with Crippen LogP contribution >= 0.6 is 11.6 Å². The second-order valence-electron chi connectivity index (χ2n) is 8.00. The maximum Gasteiger partial charge on any atom is 0.573 e. The molecule has 0 saturated heterocycles. The highest BCUT2D eigenvalue weighted by Gasteiger charge is 2.40. The number of benzene rings is 2. The molecule has 1 amide bonds. The third-order valence-electron chi connectivity index (χ3n) is 5.23. The summed E-state index contributed by atoms with van der Waals surface area (Å²) in [5.74, 6) is -1.45. The Morgan fingerprint density at radius 3 is 2.47 bits per heavy atom. The number of aliphatic hydroxyl groups is 1. The van der Waals surface area contributed by atoms with Gasteiger partial charge in [0.25, 0.3) is 5.91 Å². The number of aromatic nitrogens is 2. The van der Waals surface area contributed by atoms with Gasteiger partial charge in [-0.15, -0.1) is 13.2 Å². The van der Waals surface area contributed by atoms with Crippen LogP contribution in [0.25, 0.3) is 0 Å². The normalized spacial score (nSPS) is 15.6. The number of carbonyl (C=O) groups excluding carboxylic acids is 2. The van der Waals surface area contributed by atoms with Crippen LogP contribution in [0.2, 0.25) is 5.02 Å². The van der Waals surface area contributed by atoms with Crippen LogP contribution in [-0.4, -0.2) is 57.6 Å². The Balaban J connectivity index is 1.81. The quantitative estimate of drug-likeness (QED) is 0.498. The van der Waals surface area contributed by atoms with Crippen LogP contribution in [0.15, 0.2) is 48.5 Å². The minimum atomic E-state index is -4.90. The summed E-state index contributed by atoms with van der Waals surface area (Å²) in [4.78, 5) is 31.7. The number of hydrogen-bond acceptors (Lipinski definition) is 7. The molecule has 1 atom stereocenters. The summed E-state index contributed by atoms with van der Waals surface area (Å²) in [6.07, 6.45) is -6.37. The van der Waals surface area contributed by atoms with E-state index in [1.54, 1.807) is 24.3 Å². The number of imidazole rings is 1. The van der Waals surface area contributed by atoms with Gasteiger partial charge in [0.1, 0.15) is 17.3 Å². The highest BCUT2D eigenvalue weighted by Crippen LogP contribution is 2.36. The number of anilines is 1. The van der Waals surface area contributed by atoms with Crippen molar-refractivity contribution in [3.8, 4) is 17.5 Å². The summed E-state index contributed by atoms with van der Waals surface area (Å²) >= 11 is 5.97. The molecule has 0 aliphatic carbocycles. The van der Waals surface area contributed by atoms with Crippen LogP contribution in [0.5, 0.6) is 17.5 Å². The van der Waals surface area contributed by atoms with Crippen molar-refractivity contribution in [3.05, 3.63) is 64.8 Å². The molecule has 1 aromatic heterocycles. The molecule has 0 saturated carbocycles. The number of ether oxygens (including phenoxy) is 2. The molecule has 13 heteroatoms. The number of carbonyl (C=O) groups is 2. The third-order valence-corrected chi connectivity index (χ3v) is 5.48. The van der Waals surface area contributed by atoms with Gasteiger partial charge < -0.3 is 19.5 Å². The van der Waals surface area contributed by atoms with Crippen molar-refractivity contribution in [1.29, 1.82) is 0 Å². The number of aliphatic hydroxyl groups excluding tert-OH is 1. The van der Waals surface area contributed by atoms with Crippen LogP contribution in [0.1, 0.15) is 23.0 Å². The number of nitrogens with zero attached hydrogens (tertiary/aromatic N) is 4. The van der Waals surface area contributed by atoms with Crippen molar-refractivity contribution in [3.63, 3.8) is 0 Å². The van der Waals surface area contributed by atoms with Crippen LogP contribution in [0.4, 0.5) is 19.0 Å². The van der Waals surface area contributed by atoms with E-state index in [9.17, 15) is 27.9 Å². The second kappa shape index (κ2) is 9.70. The first kappa shape index (κ1) is 25.3. The summed E-state index contributed by atoms with van der Waals surface area (Å²) in [5, 5.41) is 11.1. The molecule has 36 heavy (non-hydrogen) atoms. The predicted octanol–water partition coefficient (Wildman–Crippen LogP) is 4.03. The zero-order chi connectivity index (χ0) is 26.2. The maximum atomic E-state index is 13.2. The molecule has 2 aromatic carbocycles. The van der Waals surface area contributed by atoms with Crippen LogP contribution < -0.4 is 14.4 Å². The lowest BCUT2D eigenvalue weighted by Crippen LogP contribution is -2.55. The molecule has 1 aliphatic heterocycles. The molecule has 0 fully saturated rings. The van der Waals surface area contributed by atoms with Crippen molar-refractivity contribution in [2.24, 2.45) is 0 Å². The molecule has 1 N–H and O–H groups in total. The highest BCUT2D eigenvalue weighted by atomic mass is 35.5. The summed E-state index contributed by atoms with van der Waals surface area (Å²) in [7, 11) is 1.36. The number of hydrogen-bond donors (Lipinski definition) is 1. The molecule has 1 unspecified atom stereocenters. The summed E-state index contributed by atoms with van der Waals surface area (Å²) in [5.41, 5.74) is 0.731. The fourth-order valence-electron chi connectivity index (χ4n) is 3.66. The van der Waals surface area contributed by atoms with E-state index in [1.165, 1.54) is 35.6 Å². The van der Waals surface area contributed by atoms with Gasteiger partial charge in [-0.25, -0.2) is 0 Å². The molecule has 4 rings (SSSR count). The number of ketones is 1. The van der Waals surface area contributed by atoms with E-state index < -0.39 is 24.4 Å². The zero-order valence-electron chi connectivity index (χ0n) is 19.0. The number of rotatable bonds is 7. The smallest absolute Gasteiger partial charge is 0.425 e. The minimum absolute atomic E-state index is 0.00698. The number of halogens is 4. The minimum Gasteiger partial charge on any atom is -0.425 e. The number of Topliss-reactive ketones (excluding diaryl/α,β-unsaturated/α-hetero) is 1. The summed E-state index contributed by atoms with van der Waals surface area (Å²) in [6.45, 7) is 1.13. The molecule has 2 heterocycles. The van der Waals surface area contributed by atoms with Gasteiger partial charge in [-0.2, -0.15) is 4.98 Å². The summed E-state index contributed by atoms with van der Waals surface area (Å²) < 4.78 is 49.2. The standard InChI is InChI=1S/C23H20ClF3N4O5/c1-13(32)11-31-19-18(20(33)29(2)22(31)34)30(12-14-6-8-15(24)9-7-14)21(28-19)35-16-4-3-5-17(10-16)36-23(25,26)27/h3-10,22,34H,11-12H2,1-2H3. The number of fused-ring (bicyclic) bond motifs is 1. The lowest BCUT2D eigenvalue weighted by Gasteiger charge is -2.38. The molecule has 0 spiro atoms. The molecule has 190 valence electrons. The first-order valence-corrected chi connectivity index (χ1v) is 10.9. The predicted molar refractivity (Wildman–Crippen MR) is 122 cm³/mol. The largest absolute Gasteiger partial charge is 0.573 e. The Morgan fingerprint density at radius 1 is 1.17 bits per heavy atom. The Hall–Kier alpha value is -3.77. The first-order valence-electron chi connectivity index (χ1n) is 10.5. The lowest BCUT2D eigenvalue weighted by molar-refractivity contribution is -0.274. The molecular weight excluding hydrogens is 505 g/mol. The van der Waals surface area contributed by atoms with Crippen molar-refractivity contribution >= 4 is 29.1 Å². The van der Waals surface area contributed by atoms with E-state index >= 15 is 0 Å². The Kier molecular flexibility index (Phi) is 6.83. The monoisotopic (exact) mass is 524 g/mol. The lowest BCUT2D eigenvalue weighted by atomic mass is 10.2. The van der Waals surface area contributed by atoms with E-state index in [4.69, 9.17) is 16.3 Å². The van der Waals surface area contributed by atoms with Gasteiger partial charge in [0.2, 0.25) is 6.35 Å². The van der Waals surface area contributed by atoms with Crippen LogP contribution in [-0.2, 0) is 11.3 Å². The molecule has 0 bridgehead atoms. The van der Waals surface area contributed by atoms with Crippen molar-refractivity contribution < 1.29 is 37.3 Å². The van der Waals surface area contributed by atoms with E-state index in [2.05, 4.69) is 9.72 Å². The third kappa shape index (κ3) is 5.39. The second-order valence-corrected chi connectivity index (χ2v) is 8.43. The zero-order valence-corrected chi connectivity index (χ0v) is 19.7. The first-order chi connectivity index (χ1) is 16.9. The van der Waals surface area contributed by atoms with Crippen LogP contribution in [0.3, 0.4) is 0 Å². The highest BCUT2D eigenvalue weighted by molar-refractivity contribution is 6.30. The maximum absolute atomic E-state index is 13.2. The number of amides is 1. The van der Waals surface area contributed by atoms with Gasteiger partial charge in [0.05, 0.1) is 13.1 Å². The molecule has 9 nitrogen and oxygen atoms in total. The van der Waals surface area contributed by atoms with E-state index in [0.29, 0.717) is 10.6 Å².